The van der Waals surface area contributed by atoms with Gasteiger partial charge in [0.05, 0.1) is 0 Å². The van der Waals surface area contributed by atoms with Gasteiger partial charge in [-0.15, -0.1) is 0 Å². The molecule has 0 amide bonds. The van der Waals surface area contributed by atoms with Crippen LogP contribution >= 0.6 is 7.29 Å². The van der Waals surface area contributed by atoms with Crippen LogP contribution in [-0.4, -0.2) is 35.6 Å². The van der Waals surface area contributed by atoms with Crippen molar-refractivity contribution in [3.8, 4) is 5.75 Å². The Kier molecular flexibility index (Phi) is 4.32. The number of phenolic OH excluding ortho intramolecular Hbond substituents is 1. The number of nitrogens with one attached hydrogen (secondary N) is 1. The Morgan fingerprint density at radius 2 is 1.88 bits per heavy atom. The number of phenols is 1. The molecule has 0 aliphatic heterocycles. The van der Waals surface area contributed by atoms with Crippen molar-refractivity contribution in [2.75, 3.05) is 13.3 Å². The molecule has 0 saturated carbocycles. The highest BCUT2D eigenvalue weighted by molar-refractivity contribution is 7.60. The van der Waals surface area contributed by atoms with E-state index in [0.717, 1.165) is 5.56 Å². The number of carboxylic acids is 1. The molecular weight excluding hydrogens is 241 g/mol. The summed E-state index contributed by atoms with van der Waals surface area (Å²) in [5.41, 5.74) is 0.760. The highest BCUT2D eigenvalue weighted by Crippen LogP contribution is 2.31. The first-order valence-electron chi connectivity index (χ1n) is 5.11. The number of carboxylic acid groups (broad SMARTS) is 1. The molecular formula is C11H16NO4P. The second kappa shape index (κ2) is 5.34. The van der Waals surface area contributed by atoms with Gasteiger partial charge in [-0.2, -0.15) is 0 Å². The summed E-state index contributed by atoms with van der Waals surface area (Å²) in [5, 5.41) is 20.7. The summed E-state index contributed by atoms with van der Waals surface area (Å²) in [4.78, 5) is 11.0. The molecule has 0 aliphatic carbocycles. The molecule has 94 valence electrons. The quantitative estimate of drug-likeness (QED) is 0.696. The Morgan fingerprint density at radius 3 is 2.29 bits per heavy atom. The Hall–Kier alpha value is -1.32. The zero-order valence-electron chi connectivity index (χ0n) is 9.75. The van der Waals surface area contributed by atoms with E-state index in [1.807, 2.05) is 0 Å². The van der Waals surface area contributed by atoms with Crippen molar-refractivity contribution in [3.63, 3.8) is 0 Å². The summed E-state index contributed by atoms with van der Waals surface area (Å²) in [6.07, 6.45) is 0.223. The lowest BCUT2D eigenvalue weighted by Gasteiger charge is -2.17. The van der Waals surface area contributed by atoms with Crippen molar-refractivity contribution >= 4 is 13.3 Å². The fraction of sp³-hybridized carbons (Fsp3) is 0.364. The molecule has 0 heterocycles. The van der Waals surface area contributed by atoms with Gasteiger partial charge >= 0.3 is 5.97 Å². The Morgan fingerprint density at radius 1 is 1.35 bits per heavy atom. The molecule has 0 aromatic heterocycles. The number of hydrogen-bond donors (Lipinski definition) is 3. The van der Waals surface area contributed by atoms with Crippen LogP contribution in [0.25, 0.3) is 0 Å². The molecule has 1 aromatic rings. The van der Waals surface area contributed by atoms with Crippen molar-refractivity contribution in [1.29, 1.82) is 0 Å². The summed E-state index contributed by atoms with van der Waals surface area (Å²) in [6, 6.07) is 5.38. The van der Waals surface area contributed by atoms with E-state index < -0.39 is 19.3 Å². The van der Waals surface area contributed by atoms with E-state index in [0.29, 0.717) is 0 Å². The molecule has 1 rings (SSSR count). The summed E-state index contributed by atoms with van der Waals surface area (Å²) >= 11 is 0. The molecule has 0 aliphatic rings. The number of benzene rings is 1. The zero-order valence-corrected chi connectivity index (χ0v) is 10.6. The number of rotatable bonds is 5. The minimum atomic E-state index is -2.60. The molecule has 0 fully saturated rings. The van der Waals surface area contributed by atoms with Crippen molar-refractivity contribution in [2.45, 2.75) is 12.5 Å². The molecule has 0 spiro atoms. The summed E-state index contributed by atoms with van der Waals surface area (Å²) in [6.45, 7) is 2.97. The molecule has 0 bridgehead atoms. The van der Waals surface area contributed by atoms with Crippen LogP contribution in [0.2, 0.25) is 0 Å². The maximum atomic E-state index is 11.6. The van der Waals surface area contributed by atoms with Gasteiger partial charge in [-0.05, 0) is 24.1 Å². The number of carbonyl (C=O) groups is 1. The average molecular weight is 257 g/mol. The standard InChI is InChI=1S/C11H16NO4P/c1-17(2,16)12-10(11(14)15)7-8-3-5-9(13)6-4-8/h3-6,10,13H,7H2,1-2H3,(H,12,16)(H,14,15)/t10-/m0/s1. The van der Waals surface area contributed by atoms with Gasteiger partial charge in [0.25, 0.3) is 0 Å². The summed E-state index contributed by atoms with van der Waals surface area (Å²) in [7, 11) is -2.60. The Balaban J connectivity index is 2.77. The average Bonchev–Trinajstić information content (AvgIpc) is 2.18. The normalized spacial score (nSPS) is 13.3. The third-order valence-corrected chi connectivity index (χ3v) is 3.07. The van der Waals surface area contributed by atoms with Gasteiger partial charge in [0.15, 0.2) is 0 Å². The third-order valence-electron chi connectivity index (χ3n) is 2.14. The van der Waals surface area contributed by atoms with Gasteiger partial charge in [0, 0.05) is 13.3 Å². The van der Waals surface area contributed by atoms with E-state index in [2.05, 4.69) is 5.09 Å². The molecule has 0 unspecified atom stereocenters. The zero-order chi connectivity index (χ0) is 13.1. The highest BCUT2D eigenvalue weighted by Gasteiger charge is 2.22. The van der Waals surface area contributed by atoms with Gasteiger partial charge in [-0.1, -0.05) is 12.1 Å². The summed E-state index contributed by atoms with van der Waals surface area (Å²) < 4.78 is 11.6. The molecule has 1 atom stereocenters. The molecule has 0 radical (unpaired) electrons. The molecule has 17 heavy (non-hydrogen) atoms. The Labute approximate surface area is 99.9 Å². The predicted octanol–water partition coefficient (Wildman–Crippen LogP) is 1.52. The molecule has 0 saturated heterocycles. The van der Waals surface area contributed by atoms with Crippen LogP contribution in [0.15, 0.2) is 24.3 Å². The van der Waals surface area contributed by atoms with Gasteiger partial charge in [0.2, 0.25) is 0 Å². The van der Waals surface area contributed by atoms with Crippen molar-refractivity contribution < 1.29 is 19.6 Å². The monoisotopic (exact) mass is 257 g/mol. The van der Waals surface area contributed by atoms with Crippen LogP contribution in [0.4, 0.5) is 0 Å². The summed E-state index contributed by atoms with van der Waals surface area (Å²) in [5.74, 6) is -0.910. The van der Waals surface area contributed by atoms with E-state index in [1.54, 1.807) is 12.1 Å². The first-order chi connectivity index (χ1) is 7.78. The van der Waals surface area contributed by atoms with Gasteiger partial charge in [-0.3, -0.25) is 9.88 Å². The van der Waals surface area contributed by atoms with Crippen LogP contribution in [-0.2, 0) is 15.8 Å². The first kappa shape index (κ1) is 13.7. The minimum Gasteiger partial charge on any atom is -0.508 e. The van der Waals surface area contributed by atoms with Crippen LogP contribution in [0.5, 0.6) is 5.75 Å². The van der Waals surface area contributed by atoms with Crippen LogP contribution in [0, 0.1) is 0 Å². The molecule has 6 heteroatoms. The van der Waals surface area contributed by atoms with E-state index in [-0.39, 0.29) is 12.2 Å². The molecule has 1 aromatic carbocycles. The fourth-order valence-electron chi connectivity index (χ4n) is 1.43. The van der Waals surface area contributed by atoms with Crippen LogP contribution in [0.1, 0.15) is 5.56 Å². The van der Waals surface area contributed by atoms with Crippen molar-refractivity contribution in [2.24, 2.45) is 0 Å². The smallest absolute Gasteiger partial charge is 0.321 e. The van der Waals surface area contributed by atoms with E-state index in [9.17, 15) is 9.36 Å². The van der Waals surface area contributed by atoms with Crippen LogP contribution in [0.3, 0.4) is 0 Å². The Bertz CT molecular complexity index is 437. The van der Waals surface area contributed by atoms with E-state index >= 15 is 0 Å². The molecule has 5 nitrogen and oxygen atoms in total. The maximum absolute atomic E-state index is 11.6. The largest absolute Gasteiger partial charge is 0.508 e. The first-order valence-corrected chi connectivity index (χ1v) is 7.71. The third kappa shape index (κ3) is 5.02. The fourth-order valence-corrected chi connectivity index (χ4v) is 2.38. The second-order valence-electron chi connectivity index (χ2n) is 4.24. The number of aromatic hydroxyl groups is 1. The molecule has 3 N–H and O–H groups in total. The van der Waals surface area contributed by atoms with E-state index in [4.69, 9.17) is 10.2 Å². The second-order valence-corrected chi connectivity index (χ2v) is 7.20. The number of hydrogen-bond acceptors (Lipinski definition) is 3. The maximum Gasteiger partial charge on any atom is 0.321 e. The SMILES string of the molecule is CP(C)(=O)N[C@@H](Cc1ccc(O)cc1)C(=O)O. The predicted molar refractivity (Wildman–Crippen MR) is 65.8 cm³/mol. The lowest BCUT2D eigenvalue weighted by Crippen LogP contribution is -2.36. The van der Waals surface area contributed by atoms with Gasteiger partial charge < -0.3 is 14.8 Å². The lowest BCUT2D eigenvalue weighted by atomic mass is 10.1. The van der Waals surface area contributed by atoms with Gasteiger partial charge in [0.1, 0.15) is 19.1 Å². The number of aliphatic carboxylic acids is 1. The van der Waals surface area contributed by atoms with Gasteiger partial charge in [-0.25, -0.2) is 0 Å². The van der Waals surface area contributed by atoms with E-state index in [1.165, 1.54) is 25.5 Å². The van der Waals surface area contributed by atoms with Crippen molar-refractivity contribution in [3.05, 3.63) is 29.8 Å². The highest BCUT2D eigenvalue weighted by atomic mass is 31.2. The lowest BCUT2D eigenvalue weighted by molar-refractivity contribution is -0.138. The van der Waals surface area contributed by atoms with Crippen molar-refractivity contribution in [1.82, 2.24) is 5.09 Å². The minimum absolute atomic E-state index is 0.130. The van der Waals surface area contributed by atoms with Crippen LogP contribution < -0.4 is 5.09 Å². The topological polar surface area (TPSA) is 86.6 Å².